The highest BCUT2D eigenvalue weighted by atomic mass is 14.6. The van der Waals surface area contributed by atoms with Crippen molar-refractivity contribution in [3.8, 4) is 77.9 Å². The van der Waals surface area contributed by atoms with Gasteiger partial charge in [-0.25, -0.2) is 0 Å². The fourth-order valence-electron chi connectivity index (χ4n) is 15.7. The summed E-state index contributed by atoms with van der Waals surface area (Å²) >= 11 is 0. The maximum absolute atomic E-state index is 2.56. The molecule has 0 nitrogen and oxygen atoms in total. The minimum Gasteiger partial charge on any atom is -0.0619 e. The maximum Gasteiger partial charge on any atom is 0.0725 e. The molecule has 0 saturated carbocycles. The van der Waals surface area contributed by atoms with Crippen LogP contribution in [0.1, 0.15) is 100 Å². The molecule has 0 aliphatic heterocycles. The van der Waals surface area contributed by atoms with Gasteiger partial charge in [0.05, 0.1) is 10.8 Å². The molecule has 0 radical (unpaired) electrons. The summed E-state index contributed by atoms with van der Waals surface area (Å²) in [6.07, 6.45) is 0. The summed E-state index contributed by atoms with van der Waals surface area (Å²) in [5.74, 6) is 0. The number of rotatable bonds is 4. The number of hydrogen-bond donors (Lipinski definition) is 0. The number of hydrogen-bond acceptors (Lipinski definition) is 0. The quantitative estimate of drug-likeness (QED) is 0.165. The van der Waals surface area contributed by atoms with Crippen molar-refractivity contribution in [3.63, 3.8) is 0 Å². The molecule has 0 heteroatoms. The van der Waals surface area contributed by atoms with Crippen molar-refractivity contribution in [2.75, 3.05) is 0 Å². The number of benzene rings is 11. The van der Waals surface area contributed by atoms with E-state index in [1.165, 1.54) is 150 Å². The molecule has 1 spiro atoms. The Bertz CT molecular complexity index is 4120. The molecule has 0 amide bonds. The van der Waals surface area contributed by atoms with Crippen LogP contribution in [0.4, 0.5) is 0 Å². The summed E-state index contributed by atoms with van der Waals surface area (Å²) in [7, 11) is 0. The lowest BCUT2D eigenvalue weighted by atomic mass is 9.66. The summed E-state index contributed by atoms with van der Waals surface area (Å²) in [6, 6.07) is 91.6. The van der Waals surface area contributed by atoms with E-state index in [0.29, 0.717) is 0 Å². The zero-order valence-electron chi connectivity index (χ0n) is 43.0. The molecule has 0 aromatic heterocycles. The summed E-state index contributed by atoms with van der Waals surface area (Å²) in [5.41, 5.74) is 34.5. The first-order valence-electron chi connectivity index (χ1n) is 26.9. The van der Waals surface area contributed by atoms with E-state index in [-0.39, 0.29) is 10.8 Å². The SMILES string of the molecule is Cc1ccc2c(c1)-c1c(ccc3c1-c1ccccc1C31c3ccccc3-c3ccccc31)C2(c1cccc(-c2cccc3c2-c2ccccc2C3(C)C)c1)c1cccc(-c2cccc3c2-c2ccccc2C3(C)C)c1. The Kier molecular flexibility index (Phi) is 8.46. The van der Waals surface area contributed by atoms with E-state index in [0.717, 1.165) is 0 Å². The third-order valence-corrected chi connectivity index (χ3v) is 18.8. The molecule has 0 atom stereocenters. The minimum absolute atomic E-state index is 0.107. The summed E-state index contributed by atoms with van der Waals surface area (Å²) in [5, 5.41) is 0. The second-order valence-electron chi connectivity index (χ2n) is 23.1. The third kappa shape index (κ3) is 5.22. The molecule has 0 heterocycles. The molecule has 0 fully saturated rings. The van der Waals surface area contributed by atoms with Crippen LogP contribution >= 0.6 is 0 Å². The molecule has 5 aliphatic rings. The predicted molar refractivity (Wildman–Crippen MR) is 311 cm³/mol. The summed E-state index contributed by atoms with van der Waals surface area (Å²) < 4.78 is 0. The number of aryl methyl sites for hydroxylation is 1. The van der Waals surface area contributed by atoms with E-state index >= 15 is 0 Å². The van der Waals surface area contributed by atoms with E-state index in [9.17, 15) is 0 Å². The summed E-state index contributed by atoms with van der Waals surface area (Å²) in [4.78, 5) is 0. The van der Waals surface area contributed by atoms with Gasteiger partial charge in [0.1, 0.15) is 0 Å². The van der Waals surface area contributed by atoms with Crippen LogP contribution in [0.5, 0.6) is 0 Å². The van der Waals surface area contributed by atoms with Gasteiger partial charge in [0.15, 0.2) is 0 Å². The highest BCUT2D eigenvalue weighted by Gasteiger charge is 2.55. The van der Waals surface area contributed by atoms with Crippen LogP contribution in [0, 0.1) is 6.92 Å². The Hall–Kier alpha value is -8.58. The lowest BCUT2D eigenvalue weighted by molar-refractivity contribution is 0.660. The Morgan fingerprint density at radius 2 is 0.573 bits per heavy atom. The largest absolute Gasteiger partial charge is 0.0725 e. The molecule has 5 aliphatic carbocycles. The van der Waals surface area contributed by atoms with Crippen molar-refractivity contribution in [1.29, 1.82) is 0 Å². The molecule has 16 rings (SSSR count). The van der Waals surface area contributed by atoms with Gasteiger partial charge in [0.2, 0.25) is 0 Å². The maximum atomic E-state index is 2.56. The Labute approximate surface area is 440 Å². The molecule has 0 saturated heterocycles. The van der Waals surface area contributed by atoms with Gasteiger partial charge in [0, 0.05) is 10.8 Å². The van der Waals surface area contributed by atoms with Crippen molar-refractivity contribution in [3.05, 3.63) is 309 Å². The molecule has 0 N–H and O–H groups in total. The van der Waals surface area contributed by atoms with E-state index < -0.39 is 10.8 Å². The molecular formula is C75H54. The van der Waals surface area contributed by atoms with Gasteiger partial charge in [0.25, 0.3) is 0 Å². The fourth-order valence-corrected chi connectivity index (χ4v) is 15.7. The Morgan fingerprint density at radius 3 is 1.08 bits per heavy atom. The standard InChI is InChI=1S/C75H54/c1-45-38-39-63-57(42-45)71-66(40-41-67-70(71)56-28-10-15-35-62(56)75(67)60-33-13-6-24-52(60)53-25-7-14-34-61(53)75)74(63,48-22-16-20-46(43-48)50-29-18-36-64-68(50)54-26-8-11-31-58(54)72(64,2)3)49-23-17-21-47(44-49)51-30-19-37-65-69(51)55-27-9-12-32-59(55)73(65,4)5/h6-44H,1-5H3. The first-order valence-corrected chi connectivity index (χ1v) is 26.9. The molecule has 354 valence electrons. The van der Waals surface area contributed by atoms with Crippen LogP contribution in [-0.4, -0.2) is 0 Å². The van der Waals surface area contributed by atoms with E-state index in [4.69, 9.17) is 0 Å². The second-order valence-corrected chi connectivity index (χ2v) is 23.1. The van der Waals surface area contributed by atoms with Gasteiger partial charge in [-0.3, -0.25) is 0 Å². The molecule has 11 aromatic rings. The third-order valence-electron chi connectivity index (χ3n) is 18.8. The highest BCUT2D eigenvalue weighted by Crippen LogP contribution is 2.68. The van der Waals surface area contributed by atoms with Crippen molar-refractivity contribution in [1.82, 2.24) is 0 Å². The monoisotopic (exact) mass is 954 g/mol. The van der Waals surface area contributed by atoms with Gasteiger partial charge in [-0.15, -0.1) is 0 Å². The lowest BCUT2D eigenvalue weighted by Crippen LogP contribution is -2.29. The molecule has 0 bridgehead atoms. The number of fused-ring (bicyclic) bond motifs is 20. The smallest absolute Gasteiger partial charge is 0.0619 e. The minimum atomic E-state index is -0.695. The Morgan fingerprint density at radius 1 is 0.227 bits per heavy atom. The first-order chi connectivity index (χ1) is 36.6. The predicted octanol–water partition coefficient (Wildman–Crippen LogP) is 18.6. The van der Waals surface area contributed by atoms with Crippen LogP contribution in [0.25, 0.3) is 77.9 Å². The zero-order valence-corrected chi connectivity index (χ0v) is 43.0. The van der Waals surface area contributed by atoms with Crippen LogP contribution in [-0.2, 0) is 21.7 Å². The fraction of sp³-hybridized carbons (Fsp3) is 0.120. The molecule has 0 unspecified atom stereocenters. The average Bonchev–Trinajstić information content (AvgIpc) is 4.37. The van der Waals surface area contributed by atoms with Gasteiger partial charge in [-0.1, -0.05) is 258 Å². The molecule has 11 aromatic carbocycles. The highest BCUT2D eigenvalue weighted by molar-refractivity contribution is 6.05. The van der Waals surface area contributed by atoms with Crippen molar-refractivity contribution >= 4 is 0 Å². The van der Waals surface area contributed by atoms with Crippen LogP contribution in [0.15, 0.2) is 237 Å². The van der Waals surface area contributed by atoms with Crippen LogP contribution in [0.3, 0.4) is 0 Å². The van der Waals surface area contributed by atoms with E-state index in [2.05, 4.69) is 271 Å². The van der Waals surface area contributed by atoms with Crippen molar-refractivity contribution < 1.29 is 0 Å². The van der Waals surface area contributed by atoms with Crippen molar-refractivity contribution in [2.24, 2.45) is 0 Å². The first kappa shape index (κ1) is 42.9. The van der Waals surface area contributed by atoms with Crippen LogP contribution < -0.4 is 0 Å². The summed E-state index contributed by atoms with van der Waals surface area (Å²) in [6.45, 7) is 11.8. The zero-order chi connectivity index (χ0) is 50.2. The Balaban J connectivity index is 1.02. The van der Waals surface area contributed by atoms with Crippen LogP contribution in [0.2, 0.25) is 0 Å². The van der Waals surface area contributed by atoms with E-state index in [1.54, 1.807) is 0 Å². The van der Waals surface area contributed by atoms with Crippen molar-refractivity contribution in [2.45, 2.75) is 56.3 Å². The van der Waals surface area contributed by atoms with E-state index in [1.807, 2.05) is 0 Å². The lowest BCUT2D eigenvalue weighted by Gasteiger charge is -2.35. The van der Waals surface area contributed by atoms with Gasteiger partial charge in [-0.2, -0.15) is 0 Å². The second kappa shape index (κ2) is 14.8. The topological polar surface area (TPSA) is 0 Å². The normalized spacial score (nSPS) is 16.0. The molecule has 75 heavy (non-hydrogen) atoms. The average molecular weight is 955 g/mol. The van der Waals surface area contributed by atoms with Gasteiger partial charge < -0.3 is 0 Å². The molecular weight excluding hydrogens is 901 g/mol. The van der Waals surface area contributed by atoms with Gasteiger partial charge in [-0.05, 0) is 164 Å². The van der Waals surface area contributed by atoms with Gasteiger partial charge >= 0.3 is 0 Å².